The maximum absolute atomic E-state index is 13.5. The Hall–Kier alpha value is -2.09. The van der Waals surface area contributed by atoms with E-state index >= 15 is 0 Å². The number of amidine groups is 1. The summed E-state index contributed by atoms with van der Waals surface area (Å²) >= 11 is 9.10. The molecule has 4 rings (SSSR count). The van der Waals surface area contributed by atoms with E-state index in [1.54, 1.807) is 18.9 Å². The first-order chi connectivity index (χ1) is 15.0. The predicted molar refractivity (Wildman–Crippen MR) is 132 cm³/mol. The lowest BCUT2D eigenvalue weighted by molar-refractivity contribution is -0.122. The normalized spacial score (nSPS) is 19.5. The van der Waals surface area contributed by atoms with Gasteiger partial charge in [-0.1, -0.05) is 36.7 Å². The third-order valence-corrected chi connectivity index (χ3v) is 7.70. The SMILES string of the molecule is CCCCN1C(=O)C(=C2Sc3ccc(OC)cc3N2CC)SC1=Nc1ccc(Cl)cc1. The van der Waals surface area contributed by atoms with Crippen molar-refractivity contribution in [2.75, 3.05) is 25.1 Å². The topological polar surface area (TPSA) is 45.1 Å². The van der Waals surface area contributed by atoms with Gasteiger partial charge in [-0.25, -0.2) is 4.99 Å². The molecule has 2 aromatic carbocycles. The van der Waals surface area contributed by atoms with E-state index in [0.29, 0.717) is 16.7 Å². The molecule has 1 fully saturated rings. The minimum atomic E-state index is 0.0203. The first-order valence-electron chi connectivity index (χ1n) is 10.3. The predicted octanol–water partition coefficient (Wildman–Crippen LogP) is 6.51. The molecule has 0 bridgehead atoms. The summed E-state index contributed by atoms with van der Waals surface area (Å²) in [5.74, 6) is 0.830. The first kappa shape index (κ1) is 22.1. The summed E-state index contributed by atoms with van der Waals surface area (Å²) in [7, 11) is 1.67. The second-order valence-electron chi connectivity index (χ2n) is 7.10. The minimum Gasteiger partial charge on any atom is -0.497 e. The van der Waals surface area contributed by atoms with E-state index in [1.165, 1.54) is 11.8 Å². The van der Waals surface area contributed by atoms with Gasteiger partial charge in [0.1, 0.15) is 15.7 Å². The zero-order valence-corrected chi connectivity index (χ0v) is 20.1. The molecule has 0 N–H and O–H groups in total. The third-order valence-electron chi connectivity index (χ3n) is 5.07. The molecule has 0 unspecified atom stereocenters. The number of hydrogen-bond acceptors (Lipinski definition) is 6. The van der Waals surface area contributed by atoms with Gasteiger partial charge in [-0.15, -0.1) is 0 Å². The molecule has 2 aliphatic heterocycles. The maximum atomic E-state index is 13.5. The molecule has 0 spiro atoms. The summed E-state index contributed by atoms with van der Waals surface area (Å²) in [5, 5.41) is 2.34. The number of fused-ring (bicyclic) bond motifs is 1. The lowest BCUT2D eigenvalue weighted by atomic mass is 10.2. The maximum Gasteiger partial charge on any atom is 0.269 e. The molecule has 0 aromatic heterocycles. The summed E-state index contributed by atoms with van der Waals surface area (Å²) in [6, 6.07) is 13.4. The Morgan fingerprint density at radius 3 is 2.52 bits per heavy atom. The van der Waals surface area contributed by atoms with Crippen molar-refractivity contribution in [3.8, 4) is 5.75 Å². The van der Waals surface area contributed by atoms with E-state index in [-0.39, 0.29) is 5.91 Å². The zero-order valence-electron chi connectivity index (χ0n) is 17.7. The van der Waals surface area contributed by atoms with Crippen LogP contribution in [-0.4, -0.2) is 36.2 Å². The first-order valence-corrected chi connectivity index (χ1v) is 12.3. The van der Waals surface area contributed by atoms with Gasteiger partial charge in [0, 0.05) is 29.1 Å². The second-order valence-corrected chi connectivity index (χ2v) is 9.54. The van der Waals surface area contributed by atoms with Gasteiger partial charge in [-0.3, -0.25) is 9.69 Å². The molecular weight excluding hydrogens is 450 g/mol. The van der Waals surface area contributed by atoms with E-state index in [1.807, 2.05) is 41.3 Å². The molecule has 2 aliphatic rings. The van der Waals surface area contributed by atoms with Crippen molar-refractivity contribution in [1.29, 1.82) is 0 Å². The fourth-order valence-corrected chi connectivity index (χ4v) is 5.95. The number of carbonyl (C=O) groups excluding carboxylic acids is 1. The summed E-state index contributed by atoms with van der Waals surface area (Å²) in [5.41, 5.74) is 1.86. The van der Waals surface area contributed by atoms with Crippen molar-refractivity contribution in [1.82, 2.24) is 4.90 Å². The van der Waals surface area contributed by atoms with Crippen LogP contribution in [0.4, 0.5) is 11.4 Å². The molecule has 31 heavy (non-hydrogen) atoms. The van der Waals surface area contributed by atoms with Crippen LogP contribution in [0.1, 0.15) is 26.7 Å². The number of nitrogens with zero attached hydrogens (tertiary/aromatic N) is 3. The Balaban J connectivity index is 1.73. The van der Waals surface area contributed by atoms with Crippen molar-refractivity contribution >= 4 is 57.6 Å². The average molecular weight is 474 g/mol. The molecule has 162 valence electrons. The molecule has 2 aromatic rings. The van der Waals surface area contributed by atoms with Gasteiger partial charge in [0.15, 0.2) is 5.17 Å². The highest BCUT2D eigenvalue weighted by Crippen LogP contribution is 2.51. The minimum absolute atomic E-state index is 0.0203. The van der Waals surface area contributed by atoms with E-state index in [2.05, 4.69) is 24.8 Å². The highest BCUT2D eigenvalue weighted by molar-refractivity contribution is 8.19. The number of amides is 1. The smallest absolute Gasteiger partial charge is 0.269 e. The molecule has 1 amide bonds. The Bertz CT molecular complexity index is 1050. The molecule has 0 radical (unpaired) electrons. The van der Waals surface area contributed by atoms with Gasteiger partial charge in [0.05, 0.1) is 18.5 Å². The number of ether oxygens (including phenoxy) is 1. The lowest BCUT2D eigenvalue weighted by Gasteiger charge is -2.19. The molecule has 5 nitrogen and oxygen atoms in total. The Kier molecular flexibility index (Phi) is 6.84. The van der Waals surface area contributed by atoms with Crippen LogP contribution < -0.4 is 9.64 Å². The van der Waals surface area contributed by atoms with Crippen molar-refractivity contribution < 1.29 is 9.53 Å². The average Bonchev–Trinajstić information content (AvgIpc) is 3.30. The highest BCUT2D eigenvalue weighted by atomic mass is 35.5. The van der Waals surface area contributed by atoms with E-state index in [9.17, 15) is 4.79 Å². The highest BCUT2D eigenvalue weighted by Gasteiger charge is 2.39. The van der Waals surface area contributed by atoms with Gasteiger partial charge >= 0.3 is 0 Å². The molecule has 1 saturated heterocycles. The number of anilines is 1. The van der Waals surface area contributed by atoms with Crippen LogP contribution in [-0.2, 0) is 4.79 Å². The van der Waals surface area contributed by atoms with E-state index in [0.717, 1.165) is 51.3 Å². The van der Waals surface area contributed by atoms with Crippen LogP contribution in [0.3, 0.4) is 0 Å². The quantitative estimate of drug-likeness (QED) is 0.447. The summed E-state index contributed by atoms with van der Waals surface area (Å²) in [4.78, 5) is 24.1. The van der Waals surface area contributed by atoms with E-state index in [4.69, 9.17) is 21.3 Å². The molecule has 0 atom stereocenters. The number of aliphatic imine (C=N–C) groups is 1. The monoisotopic (exact) mass is 473 g/mol. The van der Waals surface area contributed by atoms with Crippen LogP contribution in [0.2, 0.25) is 5.02 Å². The van der Waals surface area contributed by atoms with Gasteiger partial charge in [-0.05, 0) is 61.5 Å². The molecule has 0 aliphatic carbocycles. The number of thioether (sulfide) groups is 2. The Morgan fingerprint density at radius 1 is 1.06 bits per heavy atom. The fourth-order valence-electron chi connectivity index (χ4n) is 3.43. The second kappa shape index (κ2) is 9.59. The lowest BCUT2D eigenvalue weighted by Crippen LogP contribution is -2.30. The number of benzene rings is 2. The zero-order chi connectivity index (χ0) is 22.0. The molecule has 8 heteroatoms. The molecule has 2 heterocycles. The Morgan fingerprint density at radius 2 is 1.84 bits per heavy atom. The number of unbranched alkanes of at least 4 members (excludes halogenated alkanes) is 1. The Labute approximate surface area is 196 Å². The van der Waals surface area contributed by atoms with Crippen LogP contribution >= 0.6 is 35.1 Å². The van der Waals surface area contributed by atoms with Crippen LogP contribution in [0.5, 0.6) is 5.75 Å². The largest absolute Gasteiger partial charge is 0.497 e. The number of methoxy groups -OCH3 is 1. The van der Waals surface area contributed by atoms with Crippen molar-refractivity contribution in [3.05, 3.63) is 57.4 Å². The molecule has 0 saturated carbocycles. The van der Waals surface area contributed by atoms with E-state index < -0.39 is 0 Å². The number of rotatable bonds is 6. The number of hydrogen-bond donors (Lipinski definition) is 0. The van der Waals surface area contributed by atoms with Crippen LogP contribution in [0.25, 0.3) is 0 Å². The van der Waals surface area contributed by atoms with Gasteiger partial charge < -0.3 is 9.64 Å². The fraction of sp³-hybridized carbons (Fsp3) is 0.304. The van der Waals surface area contributed by atoms with Gasteiger partial charge in [0.2, 0.25) is 0 Å². The summed E-state index contributed by atoms with van der Waals surface area (Å²) in [6.45, 7) is 5.64. The number of halogens is 1. The van der Waals surface area contributed by atoms with Gasteiger partial charge in [0.25, 0.3) is 5.91 Å². The molecular formula is C23H24ClN3O2S2. The van der Waals surface area contributed by atoms with Crippen molar-refractivity contribution in [3.63, 3.8) is 0 Å². The van der Waals surface area contributed by atoms with Crippen LogP contribution in [0.15, 0.2) is 62.3 Å². The summed E-state index contributed by atoms with van der Waals surface area (Å²) in [6.07, 6.45) is 1.94. The van der Waals surface area contributed by atoms with Crippen molar-refractivity contribution in [2.45, 2.75) is 31.6 Å². The van der Waals surface area contributed by atoms with Crippen LogP contribution in [0, 0.1) is 0 Å². The van der Waals surface area contributed by atoms with Gasteiger partial charge in [-0.2, -0.15) is 0 Å². The standard InChI is InChI=1S/C23H24ClN3O2S2/c1-4-6-13-27-21(28)20(31-23(27)25-16-9-7-15(24)8-10-16)22-26(5-2)18-14-17(29-3)11-12-19(18)30-22/h7-12,14H,4-6,13H2,1-3H3. The van der Waals surface area contributed by atoms with Crippen molar-refractivity contribution in [2.24, 2.45) is 4.99 Å². The third kappa shape index (κ3) is 4.45. The summed E-state index contributed by atoms with van der Waals surface area (Å²) < 4.78 is 5.41. The number of carbonyl (C=O) groups is 1.